The summed E-state index contributed by atoms with van der Waals surface area (Å²) < 4.78 is 24.5. The molecule has 0 aromatic heterocycles. The maximum absolute atomic E-state index is 13.6. The minimum Gasteiger partial charge on any atom is -0.434 e. The lowest BCUT2D eigenvalue weighted by molar-refractivity contribution is -0.116. The van der Waals surface area contributed by atoms with Crippen molar-refractivity contribution in [1.29, 1.82) is 0 Å². The molecule has 6 heteroatoms. The number of benzene rings is 2. The van der Waals surface area contributed by atoms with Crippen molar-refractivity contribution in [2.45, 2.75) is 71.3 Å². The van der Waals surface area contributed by atoms with E-state index in [0.717, 1.165) is 59.9 Å². The highest BCUT2D eigenvalue weighted by Gasteiger charge is 2.49. The molecule has 1 spiro atoms. The zero-order valence-electron chi connectivity index (χ0n) is 20.1. The highest BCUT2D eigenvalue weighted by atomic mass is 19.1. The van der Waals surface area contributed by atoms with Crippen LogP contribution in [0.4, 0.5) is 9.18 Å². The van der Waals surface area contributed by atoms with Crippen LogP contribution in [0.25, 0.3) is 16.7 Å². The van der Waals surface area contributed by atoms with Crippen LogP contribution in [0.1, 0.15) is 69.6 Å². The number of halogens is 1. The molecule has 34 heavy (non-hydrogen) atoms. The summed E-state index contributed by atoms with van der Waals surface area (Å²) in [6.45, 7) is 6.00. The first-order chi connectivity index (χ1) is 16.4. The Morgan fingerprint density at radius 3 is 2.32 bits per heavy atom. The van der Waals surface area contributed by atoms with E-state index in [9.17, 15) is 14.0 Å². The summed E-state index contributed by atoms with van der Waals surface area (Å²) >= 11 is 0. The van der Waals surface area contributed by atoms with E-state index in [0.29, 0.717) is 24.2 Å². The van der Waals surface area contributed by atoms with E-state index in [2.05, 4.69) is 5.32 Å². The molecule has 1 fully saturated rings. The monoisotopic (exact) mass is 465 g/mol. The van der Waals surface area contributed by atoms with Gasteiger partial charge in [0.2, 0.25) is 0 Å². The van der Waals surface area contributed by atoms with E-state index in [1.807, 2.05) is 26.0 Å². The average molecular weight is 466 g/mol. The number of carbonyl (C=O) groups excluding carboxylic acids is 2. The van der Waals surface area contributed by atoms with E-state index >= 15 is 0 Å². The normalized spacial score (nSPS) is 17.1. The maximum atomic E-state index is 13.6. The Bertz CT molecular complexity index is 1110. The molecule has 0 atom stereocenters. The highest BCUT2D eigenvalue weighted by Crippen LogP contribution is 2.46. The van der Waals surface area contributed by atoms with Crippen LogP contribution >= 0.6 is 0 Å². The topological polar surface area (TPSA) is 64.6 Å². The fourth-order valence-electron chi connectivity index (χ4n) is 5.36. The van der Waals surface area contributed by atoms with E-state index < -0.39 is 11.7 Å². The molecule has 1 aliphatic carbocycles. The van der Waals surface area contributed by atoms with E-state index in [1.54, 1.807) is 19.1 Å². The van der Waals surface area contributed by atoms with Crippen LogP contribution in [0.15, 0.2) is 42.2 Å². The number of hydrogen-bond acceptors (Lipinski definition) is 4. The summed E-state index contributed by atoms with van der Waals surface area (Å²) in [5.74, 6) is -0.132. The molecule has 1 heterocycles. The van der Waals surface area contributed by atoms with Crippen LogP contribution < -0.4 is 5.32 Å². The molecule has 180 valence electrons. The minimum atomic E-state index is -0.790. The Labute approximate surface area is 200 Å². The van der Waals surface area contributed by atoms with Gasteiger partial charge >= 0.3 is 6.16 Å². The smallest absolute Gasteiger partial charge is 0.434 e. The van der Waals surface area contributed by atoms with Crippen molar-refractivity contribution in [3.8, 4) is 11.1 Å². The number of nitrogens with one attached hydrogen (secondary N) is 1. The molecular formula is C28H32FNO4. The van der Waals surface area contributed by atoms with Gasteiger partial charge < -0.3 is 14.8 Å². The third kappa shape index (κ3) is 4.33. The Kier molecular flexibility index (Phi) is 7.05. The fourth-order valence-corrected chi connectivity index (χ4v) is 5.36. The molecule has 5 nitrogen and oxygen atoms in total. The van der Waals surface area contributed by atoms with Crippen molar-refractivity contribution in [3.05, 3.63) is 64.7 Å². The van der Waals surface area contributed by atoms with Gasteiger partial charge in [-0.15, -0.1) is 0 Å². The van der Waals surface area contributed by atoms with Gasteiger partial charge in [-0.2, -0.15) is 0 Å². The molecule has 1 aliphatic heterocycles. The number of aryl methyl sites for hydroxylation is 1. The molecule has 2 aliphatic rings. The molecule has 0 saturated heterocycles. The van der Waals surface area contributed by atoms with Gasteiger partial charge in [0.15, 0.2) is 0 Å². The number of ether oxygens (including phenoxy) is 2. The van der Waals surface area contributed by atoms with Crippen molar-refractivity contribution in [2.75, 3.05) is 6.61 Å². The molecule has 1 amide bonds. The average Bonchev–Trinajstić information content (AvgIpc) is 3.08. The highest BCUT2D eigenvalue weighted by molar-refractivity contribution is 6.24. The van der Waals surface area contributed by atoms with Crippen molar-refractivity contribution in [2.24, 2.45) is 0 Å². The van der Waals surface area contributed by atoms with Crippen LogP contribution in [0, 0.1) is 5.82 Å². The summed E-state index contributed by atoms with van der Waals surface area (Å²) in [4.78, 5) is 26.1. The number of rotatable bonds is 6. The van der Waals surface area contributed by atoms with Crippen LogP contribution in [0.2, 0.25) is 0 Å². The van der Waals surface area contributed by atoms with Crippen LogP contribution in [0.3, 0.4) is 0 Å². The molecule has 0 radical (unpaired) electrons. The molecule has 2 aromatic carbocycles. The lowest BCUT2D eigenvalue weighted by Gasteiger charge is -2.34. The van der Waals surface area contributed by atoms with Crippen LogP contribution in [-0.4, -0.2) is 24.2 Å². The van der Waals surface area contributed by atoms with E-state index in [-0.39, 0.29) is 18.3 Å². The summed E-state index contributed by atoms with van der Waals surface area (Å²) in [5.41, 5.74) is 4.34. The standard InChI is InChI=1S/C28H32FNO4/c1-4-18-12-15-22(19-10-13-20(29)14-11-19)21(5-2)23(18)24-25(34-27(32)33-6-3)28(30-26(24)31)16-8-7-9-17-28/h10-15H,4-9,16-17H2,1-3H3,(H,30,31). The van der Waals surface area contributed by atoms with Gasteiger partial charge in [-0.3, -0.25) is 4.79 Å². The lowest BCUT2D eigenvalue weighted by atomic mass is 9.79. The second kappa shape index (κ2) is 10.00. The van der Waals surface area contributed by atoms with Gasteiger partial charge in [0.05, 0.1) is 17.7 Å². The molecule has 2 aromatic rings. The van der Waals surface area contributed by atoms with Gasteiger partial charge in [0, 0.05) is 0 Å². The van der Waals surface area contributed by atoms with E-state index in [1.165, 1.54) is 12.1 Å². The first-order valence-electron chi connectivity index (χ1n) is 12.3. The largest absolute Gasteiger partial charge is 0.513 e. The molecule has 4 rings (SSSR count). The quantitative estimate of drug-likeness (QED) is 0.506. The first kappa shape index (κ1) is 24.0. The van der Waals surface area contributed by atoms with Gasteiger partial charge in [-0.05, 0) is 72.6 Å². The third-order valence-corrected chi connectivity index (χ3v) is 6.94. The zero-order valence-corrected chi connectivity index (χ0v) is 20.1. The molecule has 0 unspecified atom stereocenters. The first-order valence-corrected chi connectivity index (χ1v) is 12.3. The van der Waals surface area contributed by atoms with E-state index in [4.69, 9.17) is 9.47 Å². The Hall–Kier alpha value is -3.15. The Morgan fingerprint density at radius 2 is 1.71 bits per heavy atom. The molecular weight excluding hydrogens is 433 g/mol. The summed E-state index contributed by atoms with van der Waals surface area (Å²) in [5, 5.41) is 3.19. The van der Waals surface area contributed by atoms with Crippen LogP contribution in [0.5, 0.6) is 0 Å². The van der Waals surface area contributed by atoms with Crippen molar-refractivity contribution < 1.29 is 23.5 Å². The summed E-state index contributed by atoms with van der Waals surface area (Å²) in [6, 6.07) is 10.4. The maximum Gasteiger partial charge on any atom is 0.513 e. The number of carbonyl (C=O) groups is 2. The summed E-state index contributed by atoms with van der Waals surface area (Å²) in [7, 11) is 0. The predicted molar refractivity (Wildman–Crippen MR) is 130 cm³/mol. The zero-order chi connectivity index (χ0) is 24.3. The SMILES string of the molecule is CCOC(=O)OC1=C(c2c(CC)ccc(-c3ccc(F)cc3)c2CC)C(=O)NC12CCCCC2. The van der Waals surface area contributed by atoms with Gasteiger partial charge in [-0.25, -0.2) is 9.18 Å². The van der Waals surface area contributed by atoms with Crippen LogP contribution in [-0.2, 0) is 27.1 Å². The van der Waals surface area contributed by atoms with Crippen molar-refractivity contribution >= 4 is 17.6 Å². The van der Waals surface area contributed by atoms with Crippen molar-refractivity contribution in [3.63, 3.8) is 0 Å². The third-order valence-electron chi connectivity index (χ3n) is 6.94. The molecule has 1 saturated carbocycles. The Balaban J connectivity index is 1.97. The molecule has 1 N–H and O–H groups in total. The van der Waals surface area contributed by atoms with Crippen molar-refractivity contribution in [1.82, 2.24) is 5.32 Å². The van der Waals surface area contributed by atoms with Gasteiger partial charge in [0.1, 0.15) is 11.6 Å². The molecule has 0 bridgehead atoms. The fraction of sp³-hybridized carbons (Fsp3) is 0.429. The lowest BCUT2D eigenvalue weighted by Crippen LogP contribution is -2.46. The second-order valence-electron chi connectivity index (χ2n) is 8.93. The Morgan fingerprint density at radius 1 is 1.00 bits per heavy atom. The van der Waals surface area contributed by atoms with Gasteiger partial charge in [-0.1, -0.05) is 57.4 Å². The van der Waals surface area contributed by atoms with Gasteiger partial charge in [0.25, 0.3) is 5.91 Å². The predicted octanol–water partition coefficient (Wildman–Crippen LogP) is 6.33. The number of amides is 1. The minimum absolute atomic E-state index is 0.191. The summed E-state index contributed by atoms with van der Waals surface area (Å²) in [6.07, 6.45) is 4.99. The number of hydrogen-bond donors (Lipinski definition) is 1. The second-order valence-corrected chi connectivity index (χ2v) is 8.93.